The molecule has 130 valence electrons. The molecule has 0 atom stereocenters. The van der Waals surface area contributed by atoms with Crippen LogP contribution in [-0.4, -0.2) is 28.6 Å². The van der Waals surface area contributed by atoms with Gasteiger partial charge in [-0.05, 0) is 18.2 Å². The Morgan fingerprint density at radius 1 is 1.33 bits per heavy atom. The van der Waals surface area contributed by atoms with Gasteiger partial charge in [-0.25, -0.2) is 9.18 Å². The van der Waals surface area contributed by atoms with Gasteiger partial charge in [-0.3, -0.25) is 4.68 Å². The maximum absolute atomic E-state index is 13.7. The molecule has 6 nitrogen and oxygen atoms in total. The average molecular weight is 346 g/mol. The number of anilines is 1. The van der Waals surface area contributed by atoms with Gasteiger partial charge >= 0.3 is 12.2 Å². The van der Waals surface area contributed by atoms with E-state index in [1.807, 2.05) is 0 Å². The fourth-order valence-electron chi connectivity index (χ4n) is 1.78. The van der Waals surface area contributed by atoms with E-state index in [9.17, 15) is 22.4 Å². The van der Waals surface area contributed by atoms with Crippen molar-refractivity contribution >= 4 is 11.7 Å². The smallest absolute Gasteiger partial charge is 0.422 e. The molecule has 0 saturated carbocycles. The lowest BCUT2D eigenvalue weighted by molar-refractivity contribution is -0.153. The highest BCUT2D eigenvalue weighted by Crippen LogP contribution is 2.23. The van der Waals surface area contributed by atoms with E-state index in [1.54, 1.807) is 24.0 Å². The van der Waals surface area contributed by atoms with Gasteiger partial charge in [0.2, 0.25) is 0 Å². The van der Waals surface area contributed by atoms with E-state index in [4.69, 9.17) is 0 Å². The van der Waals surface area contributed by atoms with Crippen LogP contribution in [0.4, 0.5) is 28.0 Å². The number of ether oxygens (including phenoxy) is 1. The molecule has 10 heteroatoms. The number of alkyl halides is 3. The normalized spacial score (nSPS) is 11.2. The highest BCUT2D eigenvalue weighted by Gasteiger charge is 2.28. The van der Waals surface area contributed by atoms with Crippen molar-refractivity contribution in [3.8, 4) is 5.75 Å². The molecule has 2 amide bonds. The summed E-state index contributed by atoms with van der Waals surface area (Å²) >= 11 is 0. The predicted molar refractivity (Wildman–Crippen MR) is 77.0 cm³/mol. The third-order valence-electron chi connectivity index (χ3n) is 2.93. The fourth-order valence-corrected chi connectivity index (χ4v) is 1.78. The van der Waals surface area contributed by atoms with Crippen molar-refractivity contribution in [1.82, 2.24) is 15.1 Å². The molecule has 2 rings (SSSR count). The first kappa shape index (κ1) is 17.6. The van der Waals surface area contributed by atoms with Crippen LogP contribution in [0.25, 0.3) is 0 Å². The summed E-state index contributed by atoms with van der Waals surface area (Å²) in [6.07, 6.45) is -2.99. The van der Waals surface area contributed by atoms with E-state index < -0.39 is 30.4 Å². The lowest BCUT2D eigenvalue weighted by Crippen LogP contribution is -2.29. The van der Waals surface area contributed by atoms with E-state index in [0.29, 0.717) is 0 Å². The topological polar surface area (TPSA) is 68.2 Å². The van der Waals surface area contributed by atoms with Gasteiger partial charge in [0.1, 0.15) is 0 Å². The van der Waals surface area contributed by atoms with Crippen LogP contribution in [0.2, 0.25) is 0 Å². The molecule has 0 aliphatic rings. The Morgan fingerprint density at radius 3 is 2.67 bits per heavy atom. The summed E-state index contributed by atoms with van der Waals surface area (Å²) in [5.74, 6) is -1.56. The fraction of sp³-hybridized carbons (Fsp3) is 0.286. The van der Waals surface area contributed by atoms with Crippen LogP contribution in [0.5, 0.6) is 5.75 Å². The van der Waals surface area contributed by atoms with Crippen molar-refractivity contribution in [2.75, 3.05) is 11.9 Å². The summed E-state index contributed by atoms with van der Waals surface area (Å²) in [4.78, 5) is 11.7. The van der Waals surface area contributed by atoms with Crippen molar-refractivity contribution in [2.24, 2.45) is 7.05 Å². The van der Waals surface area contributed by atoms with E-state index in [1.165, 1.54) is 6.07 Å². The first-order chi connectivity index (χ1) is 11.2. The molecule has 0 bridgehead atoms. The van der Waals surface area contributed by atoms with Crippen molar-refractivity contribution in [2.45, 2.75) is 12.7 Å². The second-order valence-corrected chi connectivity index (χ2v) is 4.80. The second kappa shape index (κ2) is 7.20. The number of carbonyl (C=O) groups is 1. The standard InChI is InChI=1S/C14H14F4N4O2/c1-22-10(4-5-20-22)7-19-13(23)21-9-2-3-12(11(15)6-9)24-8-14(16,17)18/h2-6H,7-8H2,1H3,(H2,19,21,23). The van der Waals surface area contributed by atoms with E-state index >= 15 is 0 Å². The van der Waals surface area contributed by atoms with Gasteiger partial charge < -0.3 is 15.4 Å². The van der Waals surface area contributed by atoms with Gasteiger partial charge in [0.05, 0.1) is 12.2 Å². The van der Waals surface area contributed by atoms with Gasteiger partial charge in [-0.15, -0.1) is 0 Å². The Morgan fingerprint density at radius 2 is 2.08 bits per heavy atom. The number of nitrogens with zero attached hydrogens (tertiary/aromatic N) is 2. The molecule has 1 heterocycles. The van der Waals surface area contributed by atoms with Crippen LogP contribution in [0, 0.1) is 5.82 Å². The molecule has 0 aliphatic carbocycles. The van der Waals surface area contributed by atoms with Gasteiger partial charge in [0.15, 0.2) is 18.2 Å². The predicted octanol–water partition coefficient (Wildman–Crippen LogP) is 2.82. The minimum absolute atomic E-state index is 0.0781. The SMILES string of the molecule is Cn1nccc1CNC(=O)Nc1ccc(OCC(F)(F)F)c(F)c1. The maximum atomic E-state index is 13.7. The highest BCUT2D eigenvalue weighted by atomic mass is 19.4. The molecule has 0 spiro atoms. The van der Waals surface area contributed by atoms with Crippen LogP contribution >= 0.6 is 0 Å². The number of urea groups is 1. The van der Waals surface area contributed by atoms with Crippen LogP contribution in [0.3, 0.4) is 0 Å². The number of rotatable bonds is 5. The maximum Gasteiger partial charge on any atom is 0.422 e. The monoisotopic (exact) mass is 346 g/mol. The third-order valence-corrected chi connectivity index (χ3v) is 2.93. The molecule has 1 aromatic carbocycles. The van der Waals surface area contributed by atoms with Crippen molar-refractivity contribution < 1.29 is 27.1 Å². The second-order valence-electron chi connectivity index (χ2n) is 4.80. The zero-order valence-electron chi connectivity index (χ0n) is 12.5. The summed E-state index contributed by atoms with van der Waals surface area (Å²) in [6, 6.07) is 4.23. The molecule has 2 aromatic rings. The Hall–Kier alpha value is -2.78. The molecular formula is C14H14F4N4O2. The molecule has 0 saturated heterocycles. The van der Waals surface area contributed by atoms with Crippen LogP contribution in [-0.2, 0) is 13.6 Å². The lowest BCUT2D eigenvalue weighted by Gasteiger charge is -2.11. The molecule has 24 heavy (non-hydrogen) atoms. The highest BCUT2D eigenvalue weighted by molar-refractivity contribution is 5.89. The molecule has 1 aromatic heterocycles. The Kier molecular flexibility index (Phi) is 5.27. The zero-order valence-corrected chi connectivity index (χ0v) is 12.5. The van der Waals surface area contributed by atoms with E-state index in [-0.39, 0.29) is 12.2 Å². The Labute approximate surface area is 134 Å². The summed E-state index contributed by atoms with van der Waals surface area (Å²) in [7, 11) is 1.71. The lowest BCUT2D eigenvalue weighted by atomic mass is 10.3. The molecular weight excluding hydrogens is 332 g/mol. The first-order valence-electron chi connectivity index (χ1n) is 6.75. The Bertz CT molecular complexity index is 715. The minimum Gasteiger partial charge on any atom is -0.481 e. The summed E-state index contributed by atoms with van der Waals surface area (Å²) in [5, 5.41) is 8.84. The quantitative estimate of drug-likeness (QED) is 0.818. The van der Waals surface area contributed by atoms with Gasteiger partial charge in [-0.2, -0.15) is 18.3 Å². The number of aryl methyl sites for hydroxylation is 1. The summed E-state index contributed by atoms with van der Waals surface area (Å²) in [6.45, 7) is -1.39. The summed E-state index contributed by atoms with van der Waals surface area (Å²) in [5.41, 5.74) is 0.835. The summed E-state index contributed by atoms with van der Waals surface area (Å²) < 4.78 is 55.7. The molecule has 0 radical (unpaired) electrons. The number of carbonyl (C=O) groups excluding carboxylic acids is 1. The third kappa shape index (κ3) is 5.14. The molecule has 0 unspecified atom stereocenters. The first-order valence-corrected chi connectivity index (χ1v) is 6.75. The number of halogens is 4. The van der Waals surface area contributed by atoms with Crippen LogP contribution in [0.15, 0.2) is 30.5 Å². The molecule has 2 N–H and O–H groups in total. The van der Waals surface area contributed by atoms with Crippen LogP contribution < -0.4 is 15.4 Å². The Balaban J connectivity index is 1.89. The van der Waals surface area contributed by atoms with Crippen LogP contribution in [0.1, 0.15) is 5.69 Å². The van der Waals surface area contributed by atoms with Crippen molar-refractivity contribution in [1.29, 1.82) is 0 Å². The average Bonchev–Trinajstić information content (AvgIpc) is 2.88. The number of aromatic nitrogens is 2. The molecule has 0 aliphatic heterocycles. The van der Waals surface area contributed by atoms with Gasteiger partial charge in [0, 0.05) is 25.0 Å². The largest absolute Gasteiger partial charge is 0.481 e. The molecule has 0 fully saturated rings. The number of benzene rings is 1. The number of amides is 2. The van der Waals surface area contributed by atoms with Crippen molar-refractivity contribution in [3.05, 3.63) is 42.0 Å². The number of nitrogens with one attached hydrogen (secondary N) is 2. The van der Waals surface area contributed by atoms with Gasteiger partial charge in [0.25, 0.3) is 0 Å². The van der Waals surface area contributed by atoms with Crippen molar-refractivity contribution in [3.63, 3.8) is 0 Å². The van der Waals surface area contributed by atoms with E-state index in [2.05, 4.69) is 20.5 Å². The minimum atomic E-state index is -4.56. The van der Waals surface area contributed by atoms with E-state index in [0.717, 1.165) is 17.8 Å². The number of hydrogen-bond acceptors (Lipinski definition) is 3. The zero-order chi connectivity index (χ0) is 17.7. The number of hydrogen-bond donors (Lipinski definition) is 2. The van der Waals surface area contributed by atoms with Gasteiger partial charge in [-0.1, -0.05) is 0 Å².